The van der Waals surface area contributed by atoms with E-state index in [2.05, 4.69) is 9.82 Å². The minimum atomic E-state index is -3.57. The van der Waals surface area contributed by atoms with Gasteiger partial charge in [0.25, 0.3) is 10.0 Å². The van der Waals surface area contributed by atoms with Crippen LogP contribution in [-0.2, 0) is 17.1 Å². The molecular formula is C12H15N3O2S. The molecule has 0 saturated carbocycles. The SMILES string of the molecule is Cc1cccc(NS(=O)(=O)c2cnn(C)c2C)c1. The van der Waals surface area contributed by atoms with Crippen LogP contribution < -0.4 is 4.72 Å². The van der Waals surface area contributed by atoms with Crippen molar-refractivity contribution in [2.75, 3.05) is 4.72 Å². The molecule has 6 heteroatoms. The van der Waals surface area contributed by atoms with Crippen LogP contribution in [0.3, 0.4) is 0 Å². The maximum absolute atomic E-state index is 12.2. The predicted octanol–water partition coefficient (Wildman–Crippen LogP) is 1.84. The Morgan fingerprint density at radius 3 is 2.56 bits per heavy atom. The number of anilines is 1. The van der Waals surface area contributed by atoms with Gasteiger partial charge in [-0.05, 0) is 31.5 Å². The van der Waals surface area contributed by atoms with Gasteiger partial charge in [0.15, 0.2) is 0 Å². The maximum atomic E-state index is 12.2. The van der Waals surface area contributed by atoms with Crippen molar-refractivity contribution in [3.05, 3.63) is 41.7 Å². The summed E-state index contributed by atoms with van der Waals surface area (Å²) in [5.74, 6) is 0. The van der Waals surface area contributed by atoms with Gasteiger partial charge >= 0.3 is 0 Å². The first-order valence-corrected chi connectivity index (χ1v) is 6.96. The molecule has 0 fully saturated rings. The van der Waals surface area contributed by atoms with Gasteiger partial charge in [-0.25, -0.2) is 8.42 Å². The molecule has 0 aliphatic carbocycles. The normalized spacial score (nSPS) is 11.5. The van der Waals surface area contributed by atoms with Gasteiger partial charge in [0.05, 0.1) is 11.9 Å². The summed E-state index contributed by atoms with van der Waals surface area (Å²) >= 11 is 0. The van der Waals surface area contributed by atoms with Gasteiger partial charge in [-0.15, -0.1) is 0 Å². The van der Waals surface area contributed by atoms with Crippen molar-refractivity contribution < 1.29 is 8.42 Å². The zero-order valence-corrected chi connectivity index (χ0v) is 11.3. The molecule has 0 unspecified atom stereocenters. The van der Waals surface area contributed by atoms with E-state index < -0.39 is 10.0 Å². The lowest BCUT2D eigenvalue weighted by Crippen LogP contribution is -2.13. The fourth-order valence-corrected chi connectivity index (χ4v) is 2.92. The number of hydrogen-bond acceptors (Lipinski definition) is 3. The average Bonchev–Trinajstić information content (AvgIpc) is 2.59. The van der Waals surface area contributed by atoms with Crippen molar-refractivity contribution in [3.8, 4) is 0 Å². The van der Waals surface area contributed by atoms with Crippen molar-refractivity contribution in [3.63, 3.8) is 0 Å². The summed E-state index contributed by atoms with van der Waals surface area (Å²) in [7, 11) is -1.86. The third kappa shape index (κ3) is 2.38. The highest BCUT2D eigenvalue weighted by Gasteiger charge is 2.19. The molecule has 0 saturated heterocycles. The first kappa shape index (κ1) is 12.6. The number of hydrogen-bond donors (Lipinski definition) is 1. The molecule has 18 heavy (non-hydrogen) atoms. The Bertz CT molecular complexity index is 674. The van der Waals surface area contributed by atoms with Crippen LogP contribution in [0, 0.1) is 13.8 Å². The molecule has 5 nitrogen and oxygen atoms in total. The number of rotatable bonds is 3. The van der Waals surface area contributed by atoms with Crippen molar-refractivity contribution in [2.45, 2.75) is 18.7 Å². The fourth-order valence-electron chi connectivity index (χ4n) is 1.66. The second-order valence-electron chi connectivity index (χ2n) is 4.19. The molecule has 1 aromatic carbocycles. The Kier molecular flexibility index (Phi) is 3.13. The van der Waals surface area contributed by atoms with E-state index in [-0.39, 0.29) is 4.90 Å². The largest absolute Gasteiger partial charge is 0.280 e. The van der Waals surface area contributed by atoms with E-state index in [1.165, 1.54) is 10.9 Å². The number of sulfonamides is 1. The molecule has 0 bridgehead atoms. The molecule has 0 amide bonds. The van der Waals surface area contributed by atoms with E-state index in [1.54, 1.807) is 26.1 Å². The zero-order valence-electron chi connectivity index (χ0n) is 10.5. The number of nitrogens with zero attached hydrogens (tertiary/aromatic N) is 2. The third-order valence-electron chi connectivity index (χ3n) is 2.75. The third-order valence-corrected chi connectivity index (χ3v) is 4.23. The highest BCUT2D eigenvalue weighted by Crippen LogP contribution is 2.19. The van der Waals surface area contributed by atoms with Crippen molar-refractivity contribution in [1.29, 1.82) is 0 Å². The predicted molar refractivity (Wildman–Crippen MR) is 69.9 cm³/mol. The quantitative estimate of drug-likeness (QED) is 0.921. The fraction of sp³-hybridized carbons (Fsp3) is 0.250. The van der Waals surface area contributed by atoms with Crippen LogP contribution >= 0.6 is 0 Å². The molecule has 0 aliphatic rings. The number of nitrogens with one attached hydrogen (secondary N) is 1. The van der Waals surface area contributed by atoms with Gasteiger partial charge in [-0.2, -0.15) is 5.10 Å². The van der Waals surface area contributed by atoms with Gasteiger partial charge in [0, 0.05) is 12.7 Å². The lowest BCUT2D eigenvalue weighted by Gasteiger charge is -2.08. The zero-order chi connectivity index (χ0) is 13.3. The lowest BCUT2D eigenvalue weighted by atomic mass is 10.2. The molecule has 0 atom stereocenters. The van der Waals surface area contributed by atoms with Gasteiger partial charge in [0.1, 0.15) is 4.90 Å². The highest BCUT2D eigenvalue weighted by atomic mass is 32.2. The summed E-state index contributed by atoms with van der Waals surface area (Å²) in [6, 6.07) is 7.22. The Morgan fingerprint density at radius 2 is 2.00 bits per heavy atom. The minimum Gasteiger partial charge on any atom is -0.280 e. The number of benzene rings is 1. The van der Waals surface area contributed by atoms with Crippen LogP contribution in [-0.4, -0.2) is 18.2 Å². The smallest absolute Gasteiger partial charge is 0.265 e. The van der Waals surface area contributed by atoms with Gasteiger partial charge < -0.3 is 0 Å². The Morgan fingerprint density at radius 1 is 1.28 bits per heavy atom. The van der Waals surface area contributed by atoms with Crippen LogP contribution in [0.1, 0.15) is 11.3 Å². The molecule has 1 heterocycles. The topological polar surface area (TPSA) is 64.0 Å². The number of aromatic nitrogens is 2. The molecule has 2 aromatic rings. The monoisotopic (exact) mass is 265 g/mol. The molecule has 1 aromatic heterocycles. The van der Waals surface area contributed by atoms with E-state index >= 15 is 0 Å². The summed E-state index contributed by atoms with van der Waals surface area (Å²) in [6.45, 7) is 3.63. The standard InChI is InChI=1S/C12H15N3O2S/c1-9-5-4-6-11(7-9)14-18(16,17)12-8-13-15(3)10(12)2/h4-8,14H,1-3H3. The Balaban J connectivity index is 2.36. The molecule has 0 aliphatic heterocycles. The second kappa shape index (κ2) is 4.45. The van der Waals surface area contributed by atoms with Crippen LogP contribution in [0.2, 0.25) is 0 Å². The van der Waals surface area contributed by atoms with Gasteiger partial charge in [-0.3, -0.25) is 9.40 Å². The second-order valence-corrected chi connectivity index (χ2v) is 5.84. The lowest BCUT2D eigenvalue weighted by molar-refractivity contribution is 0.600. The van der Waals surface area contributed by atoms with Crippen LogP contribution in [0.4, 0.5) is 5.69 Å². The van der Waals surface area contributed by atoms with Crippen molar-refractivity contribution in [1.82, 2.24) is 9.78 Å². The summed E-state index contributed by atoms with van der Waals surface area (Å²) in [5, 5.41) is 3.94. The average molecular weight is 265 g/mol. The van der Waals surface area contributed by atoms with Crippen molar-refractivity contribution in [2.24, 2.45) is 7.05 Å². The van der Waals surface area contributed by atoms with Crippen LogP contribution in [0.15, 0.2) is 35.4 Å². The molecule has 2 rings (SSSR count). The van der Waals surface area contributed by atoms with E-state index in [9.17, 15) is 8.42 Å². The molecular weight excluding hydrogens is 250 g/mol. The minimum absolute atomic E-state index is 0.200. The molecule has 0 radical (unpaired) electrons. The molecule has 0 spiro atoms. The van der Waals surface area contributed by atoms with Crippen LogP contribution in [0.25, 0.3) is 0 Å². The summed E-state index contributed by atoms with van der Waals surface area (Å²) in [6.07, 6.45) is 1.35. The molecule has 1 N–H and O–H groups in total. The summed E-state index contributed by atoms with van der Waals surface area (Å²) in [4.78, 5) is 0.200. The van der Waals surface area contributed by atoms with Crippen molar-refractivity contribution >= 4 is 15.7 Å². The Hall–Kier alpha value is -1.82. The maximum Gasteiger partial charge on any atom is 0.265 e. The van der Waals surface area contributed by atoms with E-state index in [0.29, 0.717) is 11.4 Å². The van der Waals surface area contributed by atoms with Gasteiger partial charge in [-0.1, -0.05) is 12.1 Å². The highest BCUT2D eigenvalue weighted by molar-refractivity contribution is 7.92. The first-order chi connectivity index (χ1) is 8.40. The summed E-state index contributed by atoms with van der Waals surface area (Å²) in [5.41, 5.74) is 2.16. The molecule has 96 valence electrons. The number of aryl methyl sites for hydroxylation is 2. The van der Waals surface area contributed by atoms with E-state index in [1.807, 2.05) is 19.1 Å². The summed E-state index contributed by atoms with van der Waals surface area (Å²) < 4.78 is 28.4. The first-order valence-electron chi connectivity index (χ1n) is 5.48. The van der Waals surface area contributed by atoms with Crippen LogP contribution in [0.5, 0.6) is 0 Å². The van der Waals surface area contributed by atoms with E-state index in [4.69, 9.17) is 0 Å². The Labute approximate surface area is 107 Å². The van der Waals surface area contributed by atoms with E-state index in [0.717, 1.165) is 5.56 Å². The van der Waals surface area contributed by atoms with Gasteiger partial charge in [0.2, 0.25) is 0 Å².